The van der Waals surface area contributed by atoms with Gasteiger partial charge in [0.05, 0.1) is 29.2 Å². The fraction of sp³-hybridized carbons (Fsp3) is 0.368. The third-order valence-electron chi connectivity index (χ3n) is 5.96. The summed E-state index contributed by atoms with van der Waals surface area (Å²) in [4.78, 5) is 21.9. The van der Waals surface area contributed by atoms with Gasteiger partial charge < -0.3 is 16.4 Å². The van der Waals surface area contributed by atoms with E-state index >= 15 is 0 Å². The first kappa shape index (κ1) is 20.3. The number of rotatable bonds is 3. The van der Waals surface area contributed by atoms with E-state index in [1.807, 2.05) is 12.3 Å². The molecule has 4 N–H and O–H groups in total. The summed E-state index contributed by atoms with van der Waals surface area (Å²) in [5.74, 6) is 1.18. The van der Waals surface area contributed by atoms with Gasteiger partial charge >= 0.3 is 0 Å². The largest absolute Gasteiger partial charge is 0.382 e. The fourth-order valence-electron chi connectivity index (χ4n) is 4.25. The molecule has 7 nitrogen and oxygen atoms in total. The standard InChI is InChI=1S/C19H19Cl2N7S2/c20-14-10(1-4-24-17(14)23)29-13-9-25-12(8-26-13)28-5-2-19(3-6-28)7-11-15(16(19)22)27-18(21)30-11/h1,4,8-9,16H,2-3,5-7,22H2,(H2,23,24)/t16-/m1/s1. The van der Waals surface area contributed by atoms with Crippen molar-refractivity contribution in [3.8, 4) is 0 Å². The van der Waals surface area contributed by atoms with Crippen molar-refractivity contribution >= 4 is 57.9 Å². The van der Waals surface area contributed by atoms with Crippen molar-refractivity contribution < 1.29 is 0 Å². The minimum absolute atomic E-state index is 0.0409. The monoisotopic (exact) mass is 479 g/mol. The van der Waals surface area contributed by atoms with Gasteiger partial charge in [0, 0.05) is 29.1 Å². The molecule has 3 aromatic heterocycles. The van der Waals surface area contributed by atoms with Gasteiger partial charge in [0.1, 0.15) is 16.7 Å². The smallest absolute Gasteiger partial charge is 0.184 e. The second kappa shape index (κ2) is 7.80. The highest BCUT2D eigenvalue weighted by Crippen LogP contribution is 2.52. The van der Waals surface area contributed by atoms with Gasteiger partial charge in [-0.25, -0.2) is 19.9 Å². The van der Waals surface area contributed by atoms with E-state index in [1.165, 1.54) is 16.6 Å². The molecule has 1 fully saturated rings. The first-order chi connectivity index (χ1) is 14.4. The van der Waals surface area contributed by atoms with Crippen molar-refractivity contribution in [3.63, 3.8) is 0 Å². The first-order valence-corrected chi connectivity index (χ1v) is 11.9. The van der Waals surface area contributed by atoms with E-state index in [1.54, 1.807) is 23.7 Å². The van der Waals surface area contributed by atoms with Gasteiger partial charge in [-0.05, 0) is 30.7 Å². The summed E-state index contributed by atoms with van der Waals surface area (Å²) in [7, 11) is 0. The zero-order valence-electron chi connectivity index (χ0n) is 15.9. The Kier molecular flexibility index (Phi) is 5.27. The van der Waals surface area contributed by atoms with Gasteiger partial charge in [-0.3, -0.25) is 0 Å². The zero-order valence-corrected chi connectivity index (χ0v) is 19.0. The maximum Gasteiger partial charge on any atom is 0.184 e. The number of hydrogen-bond acceptors (Lipinski definition) is 9. The van der Waals surface area contributed by atoms with Crippen LogP contribution in [0.2, 0.25) is 9.49 Å². The van der Waals surface area contributed by atoms with Crippen LogP contribution >= 0.6 is 46.3 Å². The molecule has 0 radical (unpaired) electrons. The Hall–Kier alpha value is -1.65. The number of hydrogen-bond donors (Lipinski definition) is 2. The van der Waals surface area contributed by atoms with Crippen LogP contribution < -0.4 is 16.4 Å². The van der Waals surface area contributed by atoms with E-state index in [0.29, 0.717) is 15.3 Å². The van der Waals surface area contributed by atoms with Crippen LogP contribution in [-0.2, 0) is 6.42 Å². The minimum atomic E-state index is -0.0409. The topological polar surface area (TPSA) is 107 Å². The number of fused-ring (bicyclic) bond motifs is 1. The molecular formula is C19H19Cl2N7S2. The summed E-state index contributed by atoms with van der Waals surface area (Å²) in [6, 6.07) is 1.77. The molecule has 156 valence electrons. The third-order valence-corrected chi connectivity index (χ3v) is 8.63. The number of piperidine rings is 1. The Morgan fingerprint density at radius 2 is 1.97 bits per heavy atom. The number of nitrogen functional groups attached to an aromatic ring is 1. The van der Waals surface area contributed by atoms with Gasteiger partial charge in [0.2, 0.25) is 0 Å². The number of thiazole rings is 1. The number of pyridine rings is 1. The Bertz CT molecular complexity index is 1080. The average molecular weight is 480 g/mol. The predicted molar refractivity (Wildman–Crippen MR) is 121 cm³/mol. The summed E-state index contributed by atoms with van der Waals surface area (Å²) >= 11 is 15.3. The van der Waals surface area contributed by atoms with E-state index in [4.69, 9.17) is 34.7 Å². The molecule has 0 saturated carbocycles. The van der Waals surface area contributed by atoms with Crippen LogP contribution in [0.1, 0.15) is 29.5 Å². The Morgan fingerprint density at radius 3 is 2.67 bits per heavy atom. The van der Waals surface area contributed by atoms with Crippen LogP contribution in [0.4, 0.5) is 11.6 Å². The highest BCUT2D eigenvalue weighted by molar-refractivity contribution is 7.99. The summed E-state index contributed by atoms with van der Waals surface area (Å²) in [6.07, 6.45) is 8.18. The minimum Gasteiger partial charge on any atom is -0.382 e. The van der Waals surface area contributed by atoms with Crippen molar-refractivity contribution in [2.24, 2.45) is 11.1 Å². The molecule has 30 heavy (non-hydrogen) atoms. The molecule has 0 bridgehead atoms. The second-order valence-electron chi connectivity index (χ2n) is 7.60. The molecule has 5 rings (SSSR count). The second-order valence-corrected chi connectivity index (χ2v) is 10.7. The maximum atomic E-state index is 6.58. The lowest BCUT2D eigenvalue weighted by atomic mass is 9.73. The number of anilines is 2. The molecule has 4 heterocycles. The van der Waals surface area contributed by atoms with E-state index in [2.05, 4.69) is 24.8 Å². The Balaban J connectivity index is 1.25. The highest BCUT2D eigenvalue weighted by atomic mass is 35.5. The van der Waals surface area contributed by atoms with Gasteiger partial charge in [0.15, 0.2) is 4.47 Å². The lowest BCUT2D eigenvalue weighted by Crippen LogP contribution is -2.44. The molecule has 1 aliphatic carbocycles. The highest BCUT2D eigenvalue weighted by Gasteiger charge is 2.48. The van der Waals surface area contributed by atoms with Crippen LogP contribution in [0.5, 0.6) is 0 Å². The van der Waals surface area contributed by atoms with Crippen LogP contribution in [0, 0.1) is 5.41 Å². The number of nitrogens with zero attached hydrogens (tertiary/aromatic N) is 5. The SMILES string of the molecule is Nc1nccc(Sc2cnc(N3CCC4(CC3)Cc3sc(Cl)nc3[C@H]4N)cn2)c1Cl. The van der Waals surface area contributed by atoms with Crippen LogP contribution in [-0.4, -0.2) is 33.0 Å². The Labute approximate surface area is 192 Å². The van der Waals surface area contributed by atoms with Crippen molar-refractivity contribution in [2.45, 2.75) is 35.2 Å². The molecule has 1 atom stereocenters. The molecule has 1 saturated heterocycles. The van der Waals surface area contributed by atoms with Crippen molar-refractivity contribution in [3.05, 3.63) is 44.7 Å². The van der Waals surface area contributed by atoms with Crippen LogP contribution in [0.15, 0.2) is 34.6 Å². The quantitative estimate of drug-likeness (QED) is 0.574. The third kappa shape index (κ3) is 3.52. The van der Waals surface area contributed by atoms with Crippen LogP contribution in [0.25, 0.3) is 0 Å². The molecule has 2 aliphatic rings. The van der Waals surface area contributed by atoms with Crippen molar-refractivity contribution in [2.75, 3.05) is 23.7 Å². The van der Waals surface area contributed by atoms with Gasteiger partial charge in [0.25, 0.3) is 0 Å². The normalized spacial score (nSPS) is 20.0. The van der Waals surface area contributed by atoms with E-state index in [9.17, 15) is 0 Å². The number of nitrogens with two attached hydrogens (primary N) is 2. The van der Waals surface area contributed by atoms with E-state index in [-0.39, 0.29) is 11.5 Å². The maximum absolute atomic E-state index is 6.58. The molecular weight excluding hydrogens is 461 g/mol. The van der Waals surface area contributed by atoms with Crippen molar-refractivity contribution in [1.82, 2.24) is 19.9 Å². The van der Waals surface area contributed by atoms with Gasteiger partial charge in [-0.15, -0.1) is 11.3 Å². The van der Waals surface area contributed by atoms with E-state index < -0.39 is 0 Å². The molecule has 0 amide bonds. The number of aromatic nitrogens is 4. The molecule has 1 aliphatic heterocycles. The molecule has 3 aromatic rings. The number of halogens is 2. The van der Waals surface area contributed by atoms with Gasteiger partial charge in [-0.1, -0.05) is 35.0 Å². The zero-order chi connectivity index (χ0) is 20.9. The lowest BCUT2D eigenvalue weighted by molar-refractivity contribution is 0.186. The summed E-state index contributed by atoms with van der Waals surface area (Å²) in [5, 5.41) is 1.19. The average Bonchev–Trinajstić information content (AvgIpc) is 3.22. The molecule has 1 spiro atoms. The predicted octanol–water partition coefficient (Wildman–Crippen LogP) is 4.21. The summed E-state index contributed by atoms with van der Waals surface area (Å²) in [6.45, 7) is 1.79. The first-order valence-electron chi connectivity index (χ1n) is 9.51. The fourth-order valence-corrected chi connectivity index (χ4v) is 6.59. The van der Waals surface area contributed by atoms with Gasteiger partial charge in [-0.2, -0.15) is 0 Å². The Morgan fingerprint density at radius 1 is 1.17 bits per heavy atom. The summed E-state index contributed by atoms with van der Waals surface area (Å²) in [5.41, 5.74) is 13.4. The molecule has 0 aromatic carbocycles. The van der Waals surface area contributed by atoms with E-state index in [0.717, 1.165) is 53.8 Å². The lowest BCUT2D eigenvalue weighted by Gasteiger charge is -2.42. The van der Waals surface area contributed by atoms with Crippen LogP contribution in [0.3, 0.4) is 0 Å². The molecule has 11 heteroatoms. The molecule has 0 unspecified atom stereocenters. The van der Waals surface area contributed by atoms with Crippen molar-refractivity contribution in [1.29, 1.82) is 0 Å². The summed E-state index contributed by atoms with van der Waals surface area (Å²) < 4.78 is 0.590.